The van der Waals surface area contributed by atoms with Crippen molar-refractivity contribution in [1.82, 2.24) is 0 Å². The summed E-state index contributed by atoms with van der Waals surface area (Å²) in [6, 6.07) is 5.17. The van der Waals surface area contributed by atoms with Gasteiger partial charge in [0.2, 0.25) is 0 Å². The molecule has 0 spiro atoms. The number of aliphatic hydroxyl groups excluding tert-OH is 1. The third kappa shape index (κ3) is 2.45. The Labute approximate surface area is 83.3 Å². The molecule has 0 aromatic heterocycles. The van der Waals surface area contributed by atoms with Gasteiger partial charge in [-0.3, -0.25) is 0 Å². The first-order chi connectivity index (χ1) is 6.69. The lowest BCUT2D eigenvalue weighted by Crippen LogP contribution is -1.97. The molecular weight excluding hydrogens is 183 g/mol. The molecule has 0 aliphatic heterocycles. The third-order valence-electron chi connectivity index (χ3n) is 2.14. The Balaban J connectivity index is 3.01. The molecule has 0 fully saturated rings. The molecule has 0 heterocycles. The molecule has 1 unspecified atom stereocenters. The van der Waals surface area contributed by atoms with Gasteiger partial charge in [0.25, 0.3) is 0 Å². The first-order valence-corrected chi connectivity index (χ1v) is 4.60. The molecule has 0 aliphatic rings. The van der Waals surface area contributed by atoms with Gasteiger partial charge >= 0.3 is 0 Å². The molecule has 78 valence electrons. The van der Waals surface area contributed by atoms with Gasteiger partial charge in [-0.05, 0) is 36.6 Å². The zero-order valence-electron chi connectivity index (χ0n) is 8.46. The van der Waals surface area contributed by atoms with E-state index in [0.717, 1.165) is 5.56 Å². The first kappa shape index (κ1) is 11.0. The van der Waals surface area contributed by atoms with Gasteiger partial charge in [-0.1, -0.05) is 6.07 Å². The molecule has 0 saturated heterocycles. The molecule has 0 radical (unpaired) electrons. The van der Waals surface area contributed by atoms with Gasteiger partial charge in [-0.15, -0.1) is 0 Å². The molecule has 1 rings (SSSR count). The van der Waals surface area contributed by atoms with E-state index in [1.54, 1.807) is 25.3 Å². The second-order valence-electron chi connectivity index (χ2n) is 3.16. The highest BCUT2D eigenvalue weighted by molar-refractivity contribution is 5.38. The van der Waals surface area contributed by atoms with Crippen molar-refractivity contribution in [2.75, 3.05) is 13.7 Å². The molecule has 3 heteroatoms. The van der Waals surface area contributed by atoms with Gasteiger partial charge in [0.15, 0.2) is 0 Å². The maximum absolute atomic E-state index is 13.0. The van der Waals surface area contributed by atoms with Crippen LogP contribution in [0.1, 0.15) is 24.2 Å². The summed E-state index contributed by atoms with van der Waals surface area (Å²) < 4.78 is 18.1. The molecule has 14 heavy (non-hydrogen) atoms. The summed E-state index contributed by atoms with van der Waals surface area (Å²) in [4.78, 5) is 0. The number of alkyl halides is 1. The monoisotopic (exact) mass is 198 g/mol. The number of benzene rings is 1. The summed E-state index contributed by atoms with van der Waals surface area (Å²) in [6.45, 7) is 1.53. The molecule has 2 nitrogen and oxygen atoms in total. The fourth-order valence-corrected chi connectivity index (χ4v) is 1.36. The van der Waals surface area contributed by atoms with E-state index in [1.807, 2.05) is 0 Å². The fourth-order valence-electron chi connectivity index (χ4n) is 1.36. The predicted octanol–water partition coefficient (Wildman–Crippen LogP) is 2.26. The van der Waals surface area contributed by atoms with Crippen molar-refractivity contribution in [3.8, 4) is 5.75 Å². The molecule has 1 atom stereocenters. The summed E-state index contributed by atoms with van der Waals surface area (Å²) in [6.07, 6.45) is -0.498. The second kappa shape index (κ2) is 4.96. The Morgan fingerprint density at radius 2 is 2.21 bits per heavy atom. The van der Waals surface area contributed by atoms with Crippen LogP contribution in [0.15, 0.2) is 18.2 Å². The van der Waals surface area contributed by atoms with Crippen molar-refractivity contribution in [2.45, 2.75) is 19.5 Å². The van der Waals surface area contributed by atoms with Crippen LogP contribution in [0.25, 0.3) is 0 Å². The number of rotatable bonds is 4. The standard InChI is InChI=1S/C11H15FO2/c1-8(12)9-3-4-11(14-2)10(7-9)5-6-13/h3-4,7-8,13H,5-6H2,1-2H3. The molecule has 1 aromatic rings. The lowest BCUT2D eigenvalue weighted by molar-refractivity contribution is 0.296. The average Bonchev–Trinajstić information content (AvgIpc) is 2.18. The van der Waals surface area contributed by atoms with E-state index in [1.165, 1.54) is 6.92 Å². The van der Waals surface area contributed by atoms with Crippen LogP contribution in [-0.2, 0) is 6.42 Å². The Morgan fingerprint density at radius 3 is 2.71 bits per heavy atom. The zero-order valence-corrected chi connectivity index (χ0v) is 8.46. The van der Waals surface area contributed by atoms with Crippen LogP contribution >= 0.6 is 0 Å². The van der Waals surface area contributed by atoms with Gasteiger partial charge in [0.1, 0.15) is 11.9 Å². The molecule has 0 saturated carbocycles. The van der Waals surface area contributed by atoms with E-state index in [-0.39, 0.29) is 6.61 Å². The van der Waals surface area contributed by atoms with Crippen molar-refractivity contribution in [3.63, 3.8) is 0 Å². The maximum Gasteiger partial charge on any atom is 0.122 e. The molecule has 0 aliphatic carbocycles. The first-order valence-electron chi connectivity index (χ1n) is 4.60. The van der Waals surface area contributed by atoms with Crippen LogP contribution in [0.4, 0.5) is 4.39 Å². The van der Waals surface area contributed by atoms with E-state index in [2.05, 4.69) is 0 Å². The van der Waals surface area contributed by atoms with Crippen molar-refractivity contribution in [2.24, 2.45) is 0 Å². The van der Waals surface area contributed by atoms with Crippen LogP contribution in [0.3, 0.4) is 0 Å². The zero-order chi connectivity index (χ0) is 10.6. The smallest absolute Gasteiger partial charge is 0.122 e. The van der Waals surface area contributed by atoms with Crippen LogP contribution < -0.4 is 4.74 Å². The summed E-state index contributed by atoms with van der Waals surface area (Å²) in [7, 11) is 1.56. The number of hydrogen-bond donors (Lipinski definition) is 1. The minimum absolute atomic E-state index is 0.0421. The van der Waals surface area contributed by atoms with E-state index in [0.29, 0.717) is 17.7 Å². The van der Waals surface area contributed by atoms with Crippen molar-refractivity contribution in [3.05, 3.63) is 29.3 Å². The fraction of sp³-hybridized carbons (Fsp3) is 0.455. The van der Waals surface area contributed by atoms with Crippen LogP contribution in [0, 0.1) is 0 Å². The third-order valence-corrected chi connectivity index (χ3v) is 2.14. The molecule has 0 amide bonds. The minimum atomic E-state index is -0.988. The van der Waals surface area contributed by atoms with Gasteiger partial charge in [0.05, 0.1) is 7.11 Å². The minimum Gasteiger partial charge on any atom is -0.496 e. The van der Waals surface area contributed by atoms with Crippen molar-refractivity contribution in [1.29, 1.82) is 0 Å². The van der Waals surface area contributed by atoms with Gasteiger partial charge in [-0.2, -0.15) is 0 Å². The molecule has 1 aromatic carbocycles. The van der Waals surface area contributed by atoms with Crippen LogP contribution in [0.2, 0.25) is 0 Å². The van der Waals surface area contributed by atoms with Crippen LogP contribution in [0.5, 0.6) is 5.75 Å². The Bertz CT molecular complexity index is 297. The molecular formula is C11H15FO2. The lowest BCUT2D eigenvalue weighted by Gasteiger charge is -2.10. The summed E-state index contributed by atoms with van der Waals surface area (Å²) in [5.74, 6) is 0.698. The van der Waals surface area contributed by atoms with Gasteiger partial charge in [0, 0.05) is 6.61 Å². The molecule has 1 N–H and O–H groups in total. The van der Waals surface area contributed by atoms with E-state index in [4.69, 9.17) is 9.84 Å². The highest BCUT2D eigenvalue weighted by atomic mass is 19.1. The van der Waals surface area contributed by atoms with Gasteiger partial charge < -0.3 is 9.84 Å². The van der Waals surface area contributed by atoms with Crippen molar-refractivity contribution >= 4 is 0 Å². The highest BCUT2D eigenvalue weighted by Crippen LogP contribution is 2.25. The van der Waals surface area contributed by atoms with Gasteiger partial charge in [-0.25, -0.2) is 4.39 Å². The SMILES string of the molecule is COc1ccc(C(C)F)cc1CCO. The topological polar surface area (TPSA) is 29.5 Å². The lowest BCUT2D eigenvalue weighted by atomic mass is 10.0. The van der Waals surface area contributed by atoms with E-state index < -0.39 is 6.17 Å². The largest absolute Gasteiger partial charge is 0.496 e. The molecule has 0 bridgehead atoms. The average molecular weight is 198 g/mol. The van der Waals surface area contributed by atoms with Crippen LogP contribution in [-0.4, -0.2) is 18.8 Å². The maximum atomic E-state index is 13.0. The number of methoxy groups -OCH3 is 1. The Morgan fingerprint density at radius 1 is 1.50 bits per heavy atom. The highest BCUT2D eigenvalue weighted by Gasteiger charge is 2.07. The normalized spacial score (nSPS) is 12.6. The Hall–Kier alpha value is -1.09. The number of halogens is 1. The summed E-state index contributed by atoms with van der Waals surface area (Å²) >= 11 is 0. The number of aliphatic hydroxyl groups is 1. The Kier molecular flexibility index (Phi) is 3.89. The summed E-state index contributed by atoms with van der Waals surface area (Å²) in [5, 5.41) is 8.82. The quantitative estimate of drug-likeness (QED) is 0.804. The van der Waals surface area contributed by atoms with Crippen molar-refractivity contribution < 1.29 is 14.2 Å². The summed E-state index contributed by atoms with van der Waals surface area (Å²) in [5.41, 5.74) is 1.46. The number of ether oxygens (including phenoxy) is 1. The predicted molar refractivity (Wildman–Crippen MR) is 53.3 cm³/mol. The van der Waals surface area contributed by atoms with E-state index >= 15 is 0 Å². The number of hydrogen-bond acceptors (Lipinski definition) is 2. The second-order valence-corrected chi connectivity index (χ2v) is 3.16. The van der Waals surface area contributed by atoms with E-state index in [9.17, 15) is 4.39 Å².